The van der Waals surface area contributed by atoms with Crippen LogP contribution in [-0.2, 0) is 6.42 Å². The van der Waals surface area contributed by atoms with Crippen molar-refractivity contribution in [1.82, 2.24) is 5.32 Å². The molecule has 2 rings (SSSR count). The number of nitrogens with one attached hydrogen (secondary N) is 1. The Morgan fingerprint density at radius 1 is 1.26 bits per heavy atom. The smallest absolute Gasteiger partial charge is 0.0226 e. The zero-order valence-electron chi connectivity index (χ0n) is 12.5. The SMILES string of the molecule is CCNC(Cc1c(C)cccc1C)C1CCCCS1. The molecule has 0 aliphatic carbocycles. The molecular weight excluding hydrogens is 250 g/mol. The molecule has 1 aromatic rings. The number of thioether (sulfide) groups is 1. The maximum atomic E-state index is 3.73. The molecule has 1 aromatic carbocycles. The standard InChI is InChI=1S/C17H27NS/c1-4-18-16(17-10-5-6-11-19-17)12-15-13(2)8-7-9-14(15)3/h7-9,16-18H,4-6,10-12H2,1-3H3. The summed E-state index contributed by atoms with van der Waals surface area (Å²) in [6, 6.07) is 7.31. The Balaban J connectivity index is 2.11. The van der Waals surface area contributed by atoms with Crippen molar-refractivity contribution in [3.8, 4) is 0 Å². The number of benzene rings is 1. The minimum absolute atomic E-state index is 0.634. The minimum atomic E-state index is 0.634. The highest BCUT2D eigenvalue weighted by atomic mass is 32.2. The predicted molar refractivity (Wildman–Crippen MR) is 87.2 cm³/mol. The van der Waals surface area contributed by atoms with Gasteiger partial charge in [-0.25, -0.2) is 0 Å². The fraction of sp³-hybridized carbons (Fsp3) is 0.647. The fourth-order valence-electron chi connectivity index (χ4n) is 3.07. The highest BCUT2D eigenvalue weighted by Crippen LogP contribution is 2.30. The molecule has 1 fully saturated rings. The maximum Gasteiger partial charge on any atom is 0.0226 e. The van der Waals surface area contributed by atoms with E-state index in [4.69, 9.17) is 0 Å². The van der Waals surface area contributed by atoms with Crippen LogP contribution in [0.2, 0.25) is 0 Å². The Morgan fingerprint density at radius 3 is 2.58 bits per heavy atom. The van der Waals surface area contributed by atoms with Gasteiger partial charge in [-0.3, -0.25) is 0 Å². The normalized spacial score (nSPS) is 21.3. The molecule has 1 heterocycles. The highest BCUT2D eigenvalue weighted by molar-refractivity contribution is 8.00. The van der Waals surface area contributed by atoms with E-state index in [0.717, 1.165) is 11.8 Å². The van der Waals surface area contributed by atoms with E-state index in [2.05, 4.69) is 56.0 Å². The lowest BCUT2D eigenvalue weighted by Gasteiger charge is -2.31. The van der Waals surface area contributed by atoms with Gasteiger partial charge in [0, 0.05) is 11.3 Å². The van der Waals surface area contributed by atoms with Crippen molar-refractivity contribution in [1.29, 1.82) is 0 Å². The second-order valence-corrected chi connectivity index (χ2v) is 6.99. The molecule has 0 amide bonds. The average Bonchev–Trinajstić information content (AvgIpc) is 2.43. The van der Waals surface area contributed by atoms with Crippen LogP contribution >= 0.6 is 11.8 Å². The van der Waals surface area contributed by atoms with E-state index in [9.17, 15) is 0 Å². The zero-order chi connectivity index (χ0) is 13.7. The van der Waals surface area contributed by atoms with Gasteiger partial charge in [0.05, 0.1) is 0 Å². The highest BCUT2D eigenvalue weighted by Gasteiger charge is 2.24. The molecule has 1 aliphatic rings. The lowest BCUT2D eigenvalue weighted by Crippen LogP contribution is -2.41. The van der Waals surface area contributed by atoms with E-state index in [1.165, 1.54) is 42.6 Å². The van der Waals surface area contributed by atoms with E-state index < -0.39 is 0 Å². The van der Waals surface area contributed by atoms with Crippen LogP contribution in [0, 0.1) is 13.8 Å². The van der Waals surface area contributed by atoms with Crippen molar-refractivity contribution < 1.29 is 0 Å². The van der Waals surface area contributed by atoms with Gasteiger partial charge in [-0.1, -0.05) is 31.5 Å². The molecular formula is C17H27NS. The van der Waals surface area contributed by atoms with Crippen molar-refractivity contribution in [3.63, 3.8) is 0 Å². The zero-order valence-corrected chi connectivity index (χ0v) is 13.4. The molecule has 1 N–H and O–H groups in total. The van der Waals surface area contributed by atoms with Crippen LogP contribution in [0.15, 0.2) is 18.2 Å². The van der Waals surface area contributed by atoms with Gasteiger partial charge in [0.2, 0.25) is 0 Å². The molecule has 19 heavy (non-hydrogen) atoms. The first-order valence-corrected chi connectivity index (χ1v) is 8.67. The molecule has 1 nitrogen and oxygen atoms in total. The summed E-state index contributed by atoms with van der Waals surface area (Å²) < 4.78 is 0. The van der Waals surface area contributed by atoms with Crippen LogP contribution in [0.25, 0.3) is 0 Å². The number of hydrogen-bond donors (Lipinski definition) is 1. The quantitative estimate of drug-likeness (QED) is 0.869. The summed E-state index contributed by atoms with van der Waals surface area (Å²) in [6.45, 7) is 7.80. The van der Waals surface area contributed by atoms with Gasteiger partial charge in [-0.2, -0.15) is 11.8 Å². The lowest BCUT2D eigenvalue weighted by atomic mass is 9.93. The van der Waals surface area contributed by atoms with Crippen molar-refractivity contribution in [2.75, 3.05) is 12.3 Å². The summed E-state index contributed by atoms with van der Waals surface area (Å²) in [6.07, 6.45) is 5.38. The Morgan fingerprint density at radius 2 is 2.00 bits per heavy atom. The van der Waals surface area contributed by atoms with Crippen LogP contribution in [0.3, 0.4) is 0 Å². The molecule has 0 bridgehead atoms. The number of hydrogen-bond acceptors (Lipinski definition) is 2. The summed E-state index contributed by atoms with van der Waals surface area (Å²) in [5, 5.41) is 4.53. The van der Waals surface area contributed by atoms with E-state index >= 15 is 0 Å². The largest absolute Gasteiger partial charge is 0.313 e. The third-order valence-corrected chi connectivity index (χ3v) is 5.72. The minimum Gasteiger partial charge on any atom is -0.313 e. The first-order chi connectivity index (χ1) is 9.22. The lowest BCUT2D eigenvalue weighted by molar-refractivity contribution is 0.471. The van der Waals surface area contributed by atoms with Gasteiger partial charge in [-0.05, 0) is 62.1 Å². The van der Waals surface area contributed by atoms with Gasteiger partial charge in [0.15, 0.2) is 0 Å². The van der Waals surface area contributed by atoms with Crippen LogP contribution < -0.4 is 5.32 Å². The molecule has 1 aliphatic heterocycles. The monoisotopic (exact) mass is 277 g/mol. The first kappa shape index (κ1) is 14.9. The molecule has 0 saturated carbocycles. The van der Waals surface area contributed by atoms with Crippen LogP contribution in [0.1, 0.15) is 42.9 Å². The van der Waals surface area contributed by atoms with Crippen LogP contribution in [-0.4, -0.2) is 23.6 Å². The van der Waals surface area contributed by atoms with Gasteiger partial charge < -0.3 is 5.32 Å². The summed E-state index contributed by atoms with van der Waals surface area (Å²) in [5.74, 6) is 1.35. The topological polar surface area (TPSA) is 12.0 Å². The Kier molecular flexibility index (Phi) is 5.77. The molecule has 1 saturated heterocycles. The first-order valence-electron chi connectivity index (χ1n) is 7.62. The van der Waals surface area contributed by atoms with E-state index in [1.807, 2.05) is 0 Å². The third-order valence-electron chi connectivity index (χ3n) is 4.20. The van der Waals surface area contributed by atoms with Gasteiger partial charge in [-0.15, -0.1) is 0 Å². The molecule has 0 spiro atoms. The van der Waals surface area contributed by atoms with E-state index in [0.29, 0.717) is 6.04 Å². The van der Waals surface area contributed by atoms with E-state index in [1.54, 1.807) is 5.56 Å². The third kappa shape index (κ3) is 4.00. The molecule has 2 atom stereocenters. The molecule has 2 unspecified atom stereocenters. The van der Waals surface area contributed by atoms with Gasteiger partial charge >= 0.3 is 0 Å². The van der Waals surface area contributed by atoms with Crippen molar-refractivity contribution in [3.05, 3.63) is 34.9 Å². The second-order valence-electron chi connectivity index (χ2n) is 5.64. The maximum absolute atomic E-state index is 3.73. The van der Waals surface area contributed by atoms with Crippen LogP contribution in [0.4, 0.5) is 0 Å². The summed E-state index contributed by atoms with van der Waals surface area (Å²) in [4.78, 5) is 0. The summed E-state index contributed by atoms with van der Waals surface area (Å²) in [5.41, 5.74) is 4.45. The average molecular weight is 277 g/mol. The molecule has 2 heteroatoms. The molecule has 0 aromatic heterocycles. The Hall–Kier alpha value is -0.470. The number of likely N-dealkylation sites (N-methyl/N-ethyl adjacent to an activating group) is 1. The van der Waals surface area contributed by atoms with Crippen LogP contribution in [0.5, 0.6) is 0 Å². The Labute approximate surface area is 122 Å². The van der Waals surface area contributed by atoms with E-state index in [-0.39, 0.29) is 0 Å². The van der Waals surface area contributed by atoms with Crippen molar-refractivity contribution in [2.45, 2.75) is 57.7 Å². The van der Waals surface area contributed by atoms with Crippen molar-refractivity contribution >= 4 is 11.8 Å². The van der Waals surface area contributed by atoms with Gasteiger partial charge in [0.25, 0.3) is 0 Å². The molecule has 106 valence electrons. The fourth-order valence-corrected chi connectivity index (χ4v) is 4.50. The number of rotatable bonds is 5. The van der Waals surface area contributed by atoms with Gasteiger partial charge in [0.1, 0.15) is 0 Å². The summed E-state index contributed by atoms with van der Waals surface area (Å²) >= 11 is 2.18. The Bertz CT molecular complexity index is 376. The summed E-state index contributed by atoms with van der Waals surface area (Å²) in [7, 11) is 0. The predicted octanol–water partition coefficient (Wildman–Crippen LogP) is 4.11. The number of aryl methyl sites for hydroxylation is 2. The molecule has 0 radical (unpaired) electrons. The second kappa shape index (κ2) is 7.35. The van der Waals surface area contributed by atoms with Crippen molar-refractivity contribution in [2.24, 2.45) is 0 Å².